The van der Waals surface area contributed by atoms with Crippen LogP contribution in [0.3, 0.4) is 0 Å². The molecule has 1 fully saturated rings. The zero-order chi connectivity index (χ0) is 17.3. The molecule has 1 atom stereocenters. The fraction of sp³-hybridized carbons (Fsp3) is 0.588. The first-order valence-electron chi connectivity index (χ1n) is 8.45. The van der Waals surface area contributed by atoms with Gasteiger partial charge in [-0.25, -0.2) is 8.42 Å². The van der Waals surface area contributed by atoms with Crippen molar-refractivity contribution in [1.82, 2.24) is 4.31 Å². The van der Waals surface area contributed by atoms with Crippen molar-refractivity contribution >= 4 is 33.4 Å². The van der Waals surface area contributed by atoms with Crippen LogP contribution in [0.1, 0.15) is 39.0 Å². The van der Waals surface area contributed by atoms with Gasteiger partial charge in [0.25, 0.3) is 0 Å². The number of nitrogens with zero attached hydrogens (tertiary/aromatic N) is 1. The van der Waals surface area contributed by atoms with Crippen LogP contribution >= 0.6 is 11.8 Å². The second-order valence-corrected chi connectivity index (χ2v) is 9.73. The molecule has 5 nitrogen and oxygen atoms in total. The smallest absolute Gasteiger partial charge is 0.243 e. The molecule has 0 bridgehead atoms. The first kappa shape index (κ1) is 17.8. The van der Waals surface area contributed by atoms with Crippen molar-refractivity contribution in [2.45, 2.75) is 54.9 Å². The zero-order valence-electron chi connectivity index (χ0n) is 14.1. The second-order valence-electron chi connectivity index (χ2n) is 6.67. The van der Waals surface area contributed by atoms with Crippen LogP contribution in [0.5, 0.6) is 0 Å². The Kier molecular flexibility index (Phi) is 5.22. The van der Waals surface area contributed by atoms with Crippen molar-refractivity contribution in [3.05, 3.63) is 18.2 Å². The van der Waals surface area contributed by atoms with Gasteiger partial charge in [-0.05, 0) is 31.0 Å². The molecule has 0 spiro atoms. The number of hydrogen-bond acceptors (Lipinski definition) is 4. The Hall–Kier alpha value is -1.05. The average Bonchev–Trinajstić information content (AvgIpc) is 2.73. The lowest BCUT2D eigenvalue weighted by Gasteiger charge is -2.30. The molecule has 7 heteroatoms. The lowest BCUT2D eigenvalue weighted by atomic mass is 9.96. The number of thioether (sulfide) groups is 1. The van der Waals surface area contributed by atoms with E-state index < -0.39 is 10.0 Å². The molecule has 1 N–H and O–H groups in total. The Morgan fingerprint density at radius 3 is 2.62 bits per heavy atom. The van der Waals surface area contributed by atoms with E-state index in [1.54, 1.807) is 37.0 Å². The molecule has 0 unspecified atom stereocenters. The Bertz CT molecular complexity index is 727. The quantitative estimate of drug-likeness (QED) is 0.889. The number of fused-ring (bicyclic) bond motifs is 1. The third kappa shape index (κ3) is 3.48. The van der Waals surface area contributed by atoms with E-state index >= 15 is 0 Å². The molecule has 24 heavy (non-hydrogen) atoms. The van der Waals surface area contributed by atoms with Crippen LogP contribution in [-0.4, -0.2) is 37.5 Å². The summed E-state index contributed by atoms with van der Waals surface area (Å²) in [5.74, 6) is 0.552. The molecule has 1 amide bonds. The molecule has 2 aliphatic rings. The summed E-state index contributed by atoms with van der Waals surface area (Å²) < 4.78 is 27.4. The first-order chi connectivity index (χ1) is 11.4. The lowest BCUT2D eigenvalue weighted by Crippen LogP contribution is -2.38. The number of sulfonamides is 1. The van der Waals surface area contributed by atoms with Gasteiger partial charge in [-0.15, -0.1) is 11.8 Å². The van der Waals surface area contributed by atoms with Crippen molar-refractivity contribution in [2.75, 3.05) is 18.1 Å². The minimum absolute atomic E-state index is 0.0589. The van der Waals surface area contributed by atoms with E-state index in [0.29, 0.717) is 11.4 Å². The third-order valence-corrected chi connectivity index (χ3v) is 8.15. The van der Waals surface area contributed by atoms with Crippen LogP contribution in [0.4, 0.5) is 5.69 Å². The van der Waals surface area contributed by atoms with Crippen molar-refractivity contribution in [3.63, 3.8) is 0 Å². The molecule has 0 aromatic heterocycles. The van der Waals surface area contributed by atoms with E-state index in [1.807, 2.05) is 6.92 Å². The van der Waals surface area contributed by atoms with Crippen LogP contribution in [0.25, 0.3) is 0 Å². The van der Waals surface area contributed by atoms with Crippen LogP contribution in [-0.2, 0) is 14.8 Å². The van der Waals surface area contributed by atoms with E-state index in [0.717, 1.165) is 30.6 Å². The third-order valence-electron chi connectivity index (χ3n) is 4.91. The highest BCUT2D eigenvalue weighted by molar-refractivity contribution is 7.99. The molecule has 132 valence electrons. The minimum Gasteiger partial charge on any atom is -0.325 e. The van der Waals surface area contributed by atoms with Gasteiger partial charge in [-0.2, -0.15) is 4.31 Å². The lowest BCUT2D eigenvalue weighted by molar-refractivity contribution is -0.118. The van der Waals surface area contributed by atoms with Crippen LogP contribution in [0, 0.1) is 5.92 Å². The van der Waals surface area contributed by atoms with Crippen molar-refractivity contribution < 1.29 is 13.2 Å². The minimum atomic E-state index is -3.54. The van der Waals surface area contributed by atoms with Gasteiger partial charge in [0.2, 0.25) is 15.9 Å². The number of amides is 1. The molecule has 1 aromatic carbocycles. The van der Waals surface area contributed by atoms with E-state index in [1.165, 1.54) is 10.7 Å². The van der Waals surface area contributed by atoms with Gasteiger partial charge in [0.1, 0.15) is 0 Å². The molecule has 1 aliphatic carbocycles. The largest absolute Gasteiger partial charge is 0.325 e. The molecule has 0 radical (unpaired) electrons. The van der Waals surface area contributed by atoms with Gasteiger partial charge in [0.05, 0.1) is 10.6 Å². The molecule has 0 saturated heterocycles. The standard InChI is InChI=1S/C17H24N2O3S2/c1-12-11-23-16-9-8-14(10-15(16)18-17(12)20)24(21,22)19(2)13-6-4-3-5-7-13/h8-10,12-13H,3-7,11H2,1-2H3,(H,18,20)/t12-/m1/s1. The number of carbonyl (C=O) groups excluding carboxylic acids is 1. The van der Waals surface area contributed by atoms with E-state index in [2.05, 4.69) is 5.32 Å². The average molecular weight is 369 g/mol. The van der Waals surface area contributed by atoms with Crippen molar-refractivity contribution in [2.24, 2.45) is 5.92 Å². The topological polar surface area (TPSA) is 66.5 Å². The van der Waals surface area contributed by atoms with Crippen LogP contribution in [0.15, 0.2) is 28.0 Å². The maximum absolute atomic E-state index is 13.0. The number of carbonyl (C=O) groups is 1. The fourth-order valence-corrected chi connectivity index (χ4v) is 5.70. The van der Waals surface area contributed by atoms with Gasteiger partial charge >= 0.3 is 0 Å². The maximum Gasteiger partial charge on any atom is 0.243 e. The van der Waals surface area contributed by atoms with Crippen molar-refractivity contribution in [3.8, 4) is 0 Å². The Morgan fingerprint density at radius 1 is 1.21 bits per heavy atom. The predicted octanol–water partition coefficient (Wildman–Crippen LogP) is 3.32. The van der Waals surface area contributed by atoms with Gasteiger partial charge in [0.15, 0.2) is 0 Å². The molecule has 3 rings (SSSR count). The molecular weight excluding hydrogens is 344 g/mol. The van der Waals surface area contributed by atoms with Gasteiger partial charge in [0, 0.05) is 29.7 Å². The summed E-state index contributed by atoms with van der Waals surface area (Å²) in [7, 11) is -1.87. The summed E-state index contributed by atoms with van der Waals surface area (Å²) in [5, 5.41) is 2.86. The van der Waals surface area contributed by atoms with Crippen LogP contribution in [0.2, 0.25) is 0 Å². The number of anilines is 1. The second kappa shape index (κ2) is 7.06. The number of rotatable bonds is 3. The highest BCUT2D eigenvalue weighted by atomic mass is 32.2. The van der Waals surface area contributed by atoms with E-state index in [9.17, 15) is 13.2 Å². The fourth-order valence-electron chi connectivity index (χ4n) is 3.25. The summed E-state index contributed by atoms with van der Waals surface area (Å²) in [6.45, 7) is 1.88. The molecule has 1 aromatic rings. The Labute approximate surface area is 148 Å². The van der Waals surface area contributed by atoms with Gasteiger partial charge < -0.3 is 5.32 Å². The molecule has 1 heterocycles. The normalized spacial score (nSPS) is 22.8. The van der Waals surface area contributed by atoms with E-state index in [-0.39, 0.29) is 22.8 Å². The summed E-state index contributed by atoms with van der Waals surface area (Å²) in [5.41, 5.74) is 0.604. The monoisotopic (exact) mass is 368 g/mol. The highest BCUT2D eigenvalue weighted by Gasteiger charge is 2.30. The highest BCUT2D eigenvalue weighted by Crippen LogP contribution is 2.35. The summed E-state index contributed by atoms with van der Waals surface area (Å²) in [6, 6.07) is 5.14. The first-order valence-corrected chi connectivity index (χ1v) is 10.9. The summed E-state index contributed by atoms with van der Waals surface area (Å²) in [4.78, 5) is 13.2. The molecular formula is C17H24N2O3S2. The van der Waals surface area contributed by atoms with E-state index in [4.69, 9.17) is 0 Å². The summed E-state index contributed by atoms with van der Waals surface area (Å²) >= 11 is 1.59. The number of nitrogens with one attached hydrogen (secondary N) is 1. The molecule has 1 aliphatic heterocycles. The zero-order valence-corrected chi connectivity index (χ0v) is 15.8. The summed E-state index contributed by atoms with van der Waals surface area (Å²) in [6.07, 6.45) is 5.19. The van der Waals surface area contributed by atoms with Crippen molar-refractivity contribution in [1.29, 1.82) is 0 Å². The Balaban J connectivity index is 1.89. The SMILES string of the molecule is C[C@@H]1CSc2ccc(S(=O)(=O)N(C)C3CCCCC3)cc2NC1=O. The predicted molar refractivity (Wildman–Crippen MR) is 96.8 cm³/mol. The van der Waals surface area contributed by atoms with Crippen LogP contribution < -0.4 is 5.32 Å². The molecule has 1 saturated carbocycles. The maximum atomic E-state index is 13.0. The number of benzene rings is 1. The Morgan fingerprint density at radius 2 is 1.92 bits per heavy atom. The van der Waals surface area contributed by atoms with Gasteiger partial charge in [-0.3, -0.25) is 4.79 Å². The number of hydrogen-bond donors (Lipinski definition) is 1. The van der Waals surface area contributed by atoms with Gasteiger partial charge in [-0.1, -0.05) is 26.2 Å².